The number of hydrogen-bond donors (Lipinski definition) is 1. The highest BCUT2D eigenvalue weighted by Gasteiger charge is 2.25. The van der Waals surface area contributed by atoms with E-state index in [0.717, 1.165) is 12.3 Å². The van der Waals surface area contributed by atoms with Gasteiger partial charge in [-0.3, -0.25) is 0 Å². The number of nitrogens with one attached hydrogen (secondary N) is 1. The molecular formula is C19H23NO. The molecule has 1 N–H and O–H groups in total. The summed E-state index contributed by atoms with van der Waals surface area (Å²) in [6.07, 6.45) is 1.21. The highest BCUT2D eigenvalue weighted by molar-refractivity contribution is 5.40. The van der Waals surface area contributed by atoms with Crippen molar-refractivity contribution in [1.82, 2.24) is 5.32 Å². The van der Waals surface area contributed by atoms with Crippen LogP contribution in [0.2, 0.25) is 0 Å². The second kappa shape index (κ2) is 6.31. The normalized spacial score (nSPS) is 17.7. The number of benzene rings is 2. The van der Waals surface area contributed by atoms with E-state index in [0.29, 0.717) is 18.6 Å². The van der Waals surface area contributed by atoms with Crippen molar-refractivity contribution in [3.63, 3.8) is 0 Å². The van der Waals surface area contributed by atoms with Gasteiger partial charge < -0.3 is 10.1 Å². The Morgan fingerprint density at radius 1 is 1.14 bits per heavy atom. The Kier molecular flexibility index (Phi) is 4.26. The third-order valence-corrected chi connectivity index (χ3v) is 4.32. The lowest BCUT2D eigenvalue weighted by atomic mass is 9.77. The lowest BCUT2D eigenvalue weighted by Crippen LogP contribution is -2.30. The van der Waals surface area contributed by atoms with E-state index in [-0.39, 0.29) is 0 Å². The summed E-state index contributed by atoms with van der Waals surface area (Å²) < 4.78 is 5.48. The molecule has 1 aliphatic rings. The standard InChI is InChI=1S/C19H23NO/c1-3-21-18-10-8-15(9-11-18)14(2)20-13-17-12-16-6-4-5-7-19(16)17/h4-11,14,17,20H,3,12-13H2,1-2H3. The summed E-state index contributed by atoms with van der Waals surface area (Å²) in [5, 5.41) is 3.65. The van der Waals surface area contributed by atoms with Gasteiger partial charge in [0.2, 0.25) is 0 Å². The first kappa shape index (κ1) is 14.2. The first-order valence-electron chi connectivity index (χ1n) is 7.82. The van der Waals surface area contributed by atoms with Crippen molar-refractivity contribution in [2.24, 2.45) is 0 Å². The zero-order valence-electron chi connectivity index (χ0n) is 12.8. The van der Waals surface area contributed by atoms with Crippen molar-refractivity contribution >= 4 is 0 Å². The Labute approximate surface area is 127 Å². The molecule has 2 heteroatoms. The first-order chi connectivity index (χ1) is 10.3. The lowest BCUT2D eigenvalue weighted by molar-refractivity contribution is 0.340. The van der Waals surface area contributed by atoms with Crippen molar-refractivity contribution in [3.8, 4) is 5.75 Å². The second-order valence-electron chi connectivity index (χ2n) is 5.73. The summed E-state index contributed by atoms with van der Waals surface area (Å²) in [6, 6.07) is 17.5. The fourth-order valence-corrected chi connectivity index (χ4v) is 3.00. The van der Waals surface area contributed by atoms with E-state index in [1.54, 1.807) is 0 Å². The molecule has 0 amide bonds. The van der Waals surface area contributed by atoms with E-state index in [1.807, 2.05) is 6.92 Å². The van der Waals surface area contributed by atoms with Crippen LogP contribution in [0.5, 0.6) is 5.75 Å². The Hall–Kier alpha value is -1.80. The van der Waals surface area contributed by atoms with Gasteiger partial charge in [-0.2, -0.15) is 0 Å². The van der Waals surface area contributed by atoms with Crippen molar-refractivity contribution in [3.05, 3.63) is 65.2 Å². The van der Waals surface area contributed by atoms with E-state index < -0.39 is 0 Å². The molecule has 2 unspecified atom stereocenters. The van der Waals surface area contributed by atoms with Crippen LogP contribution < -0.4 is 10.1 Å². The third kappa shape index (κ3) is 3.11. The van der Waals surface area contributed by atoms with Gasteiger partial charge in [0.1, 0.15) is 5.75 Å². The lowest BCUT2D eigenvalue weighted by Gasteiger charge is -2.31. The largest absolute Gasteiger partial charge is 0.494 e. The molecule has 0 spiro atoms. The zero-order chi connectivity index (χ0) is 14.7. The summed E-state index contributed by atoms with van der Waals surface area (Å²) in [5.74, 6) is 1.62. The summed E-state index contributed by atoms with van der Waals surface area (Å²) in [4.78, 5) is 0. The Balaban J connectivity index is 1.54. The average Bonchev–Trinajstić information content (AvgIpc) is 2.49. The molecule has 2 aromatic rings. The monoisotopic (exact) mass is 281 g/mol. The van der Waals surface area contributed by atoms with Gasteiger partial charge >= 0.3 is 0 Å². The highest BCUT2D eigenvalue weighted by Crippen LogP contribution is 2.34. The van der Waals surface area contributed by atoms with Crippen molar-refractivity contribution in [2.75, 3.05) is 13.2 Å². The van der Waals surface area contributed by atoms with E-state index in [4.69, 9.17) is 4.74 Å². The summed E-state index contributed by atoms with van der Waals surface area (Å²) in [5.41, 5.74) is 4.34. The zero-order valence-corrected chi connectivity index (χ0v) is 12.8. The topological polar surface area (TPSA) is 21.3 Å². The van der Waals surface area contributed by atoms with Crippen LogP contribution in [-0.2, 0) is 6.42 Å². The molecule has 2 aromatic carbocycles. The number of fused-ring (bicyclic) bond motifs is 1. The predicted molar refractivity (Wildman–Crippen MR) is 86.9 cm³/mol. The van der Waals surface area contributed by atoms with Crippen LogP contribution in [0.1, 0.15) is 42.5 Å². The number of rotatable bonds is 6. The summed E-state index contributed by atoms with van der Waals surface area (Å²) in [6.45, 7) is 5.99. The van der Waals surface area contributed by atoms with Gasteiger partial charge in [0.05, 0.1) is 6.61 Å². The molecule has 0 radical (unpaired) electrons. The molecule has 1 aliphatic carbocycles. The molecule has 110 valence electrons. The summed E-state index contributed by atoms with van der Waals surface area (Å²) >= 11 is 0. The minimum absolute atomic E-state index is 0.369. The van der Waals surface area contributed by atoms with Crippen LogP contribution in [0.4, 0.5) is 0 Å². The molecule has 0 saturated heterocycles. The molecule has 21 heavy (non-hydrogen) atoms. The molecule has 2 nitrogen and oxygen atoms in total. The van der Waals surface area contributed by atoms with E-state index in [2.05, 4.69) is 60.8 Å². The first-order valence-corrected chi connectivity index (χ1v) is 7.82. The maximum absolute atomic E-state index is 5.48. The molecule has 3 rings (SSSR count). The molecule has 2 atom stereocenters. The Morgan fingerprint density at radius 3 is 2.62 bits per heavy atom. The Morgan fingerprint density at radius 2 is 1.90 bits per heavy atom. The molecule has 0 heterocycles. The predicted octanol–water partition coefficient (Wildman–Crippen LogP) is 4.08. The average molecular weight is 281 g/mol. The second-order valence-corrected chi connectivity index (χ2v) is 5.73. The van der Waals surface area contributed by atoms with Crippen LogP contribution in [0, 0.1) is 0 Å². The Bertz CT molecular complexity index is 591. The van der Waals surface area contributed by atoms with Gasteiger partial charge in [-0.25, -0.2) is 0 Å². The maximum atomic E-state index is 5.48. The third-order valence-electron chi connectivity index (χ3n) is 4.32. The van der Waals surface area contributed by atoms with Crippen LogP contribution in [0.3, 0.4) is 0 Å². The van der Waals surface area contributed by atoms with Crippen molar-refractivity contribution < 1.29 is 4.74 Å². The van der Waals surface area contributed by atoms with Crippen molar-refractivity contribution in [1.29, 1.82) is 0 Å². The fraction of sp³-hybridized carbons (Fsp3) is 0.368. The SMILES string of the molecule is CCOc1ccc(C(C)NCC2Cc3ccccc32)cc1. The highest BCUT2D eigenvalue weighted by atomic mass is 16.5. The van der Waals surface area contributed by atoms with Gasteiger partial charge in [0.15, 0.2) is 0 Å². The van der Waals surface area contributed by atoms with Gasteiger partial charge in [-0.1, -0.05) is 36.4 Å². The molecule has 0 fully saturated rings. The van der Waals surface area contributed by atoms with Crippen molar-refractivity contribution in [2.45, 2.75) is 32.2 Å². The van der Waals surface area contributed by atoms with Gasteiger partial charge in [-0.05, 0) is 49.1 Å². The fourth-order valence-electron chi connectivity index (χ4n) is 3.00. The summed E-state index contributed by atoms with van der Waals surface area (Å²) in [7, 11) is 0. The molecule has 0 saturated carbocycles. The smallest absolute Gasteiger partial charge is 0.119 e. The minimum atomic E-state index is 0.369. The van der Waals surface area contributed by atoms with Gasteiger partial charge in [0, 0.05) is 18.5 Å². The van der Waals surface area contributed by atoms with E-state index >= 15 is 0 Å². The molecular weight excluding hydrogens is 258 g/mol. The van der Waals surface area contributed by atoms with Gasteiger partial charge in [0.25, 0.3) is 0 Å². The van der Waals surface area contributed by atoms with E-state index in [1.165, 1.54) is 23.1 Å². The molecule has 0 aromatic heterocycles. The maximum Gasteiger partial charge on any atom is 0.119 e. The van der Waals surface area contributed by atoms with Crippen LogP contribution in [0.15, 0.2) is 48.5 Å². The van der Waals surface area contributed by atoms with E-state index in [9.17, 15) is 0 Å². The van der Waals surface area contributed by atoms with Crippen LogP contribution in [0.25, 0.3) is 0 Å². The van der Waals surface area contributed by atoms with Crippen LogP contribution in [-0.4, -0.2) is 13.2 Å². The minimum Gasteiger partial charge on any atom is -0.494 e. The molecule has 0 aliphatic heterocycles. The number of ether oxygens (including phenoxy) is 1. The quantitative estimate of drug-likeness (QED) is 0.861. The van der Waals surface area contributed by atoms with Crippen LogP contribution >= 0.6 is 0 Å². The van der Waals surface area contributed by atoms with Gasteiger partial charge in [-0.15, -0.1) is 0 Å². The molecule has 0 bridgehead atoms. The number of hydrogen-bond acceptors (Lipinski definition) is 2.